The Labute approximate surface area is 171 Å². The van der Waals surface area contributed by atoms with Crippen LogP contribution in [0.3, 0.4) is 0 Å². The van der Waals surface area contributed by atoms with Gasteiger partial charge in [-0.2, -0.15) is 4.31 Å². The van der Waals surface area contributed by atoms with Gasteiger partial charge in [0.05, 0.1) is 24.8 Å². The molecule has 1 amide bonds. The Morgan fingerprint density at radius 3 is 2.55 bits per heavy atom. The number of methoxy groups -OCH3 is 2. The molecule has 1 heterocycles. The van der Waals surface area contributed by atoms with Crippen molar-refractivity contribution in [2.45, 2.75) is 37.6 Å². The predicted octanol–water partition coefficient (Wildman–Crippen LogP) is 3.11. The highest BCUT2D eigenvalue weighted by Crippen LogP contribution is 2.32. The molecule has 0 radical (unpaired) electrons. The molecule has 3 rings (SSSR count). The third-order valence-electron chi connectivity index (χ3n) is 5.10. The largest absolute Gasteiger partial charge is 0.497 e. The lowest BCUT2D eigenvalue weighted by Crippen LogP contribution is -2.43. The molecule has 1 aliphatic heterocycles. The molecular weight excluding hydrogens is 392 g/mol. The van der Waals surface area contributed by atoms with E-state index in [0.29, 0.717) is 42.1 Å². The van der Waals surface area contributed by atoms with E-state index in [-0.39, 0.29) is 10.8 Å². The van der Waals surface area contributed by atoms with Crippen molar-refractivity contribution in [2.24, 2.45) is 0 Å². The first kappa shape index (κ1) is 21.1. The van der Waals surface area contributed by atoms with E-state index in [2.05, 4.69) is 5.32 Å². The van der Waals surface area contributed by atoms with Gasteiger partial charge in [-0.25, -0.2) is 8.42 Å². The second-order valence-electron chi connectivity index (χ2n) is 7.10. The number of aryl methyl sites for hydroxylation is 2. The number of rotatable bonds is 6. The van der Waals surface area contributed by atoms with Crippen LogP contribution < -0.4 is 14.8 Å². The minimum atomic E-state index is -3.85. The first-order valence-electron chi connectivity index (χ1n) is 9.40. The molecular formula is C21H26N2O5S. The number of amides is 1. The maximum absolute atomic E-state index is 13.3. The van der Waals surface area contributed by atoms with E-state index in [1.54, 1.807) is 31.2 Å². The van der Waals surface area contributed by atoms with Crippen molar-refractivity contribution in [1.29, 1.82) is 0 Å². The number of hydrogen-bond acceptors (Lipinski definition) is 5. The van der Waals surface area contributed by atoms with Gasteiger partial charge >= 0.3 is 0 Å². The number of nitrogens with one attached hydrogen (secondary N) is 1. The normalized spacial score (nSPS) is 17.2. The van der Waals surface area contributed by atoms with Crippen LogP contribution in [0.1, 0.15) is 24.0 Å². The Morgan fingerprint density at radius 2 is 1.86 bits per heavy atom. The average Bonchev–Trinajstić information content (AvgIpc) is 3.19. The molecule has 0 aromatic heterocycles. The van der Waals surface area contributed by atoms with Crippen molar-refractivity contribution in [3.8, 4) is 11.5 Å². The molecule has 2 aromatic rings. The molecule has 0 saturated carbocycles. The number of benzene rings is 2. The summed E-state index contributed by atoms with van der Waals surface area (Å²) in [6, 6.07) is 9.59. The third kappa shape index (κ3) is 4.23. The fraction of sp³-hybridized carbons (Fsp3) is 0.381. The number of ether oxygens (including phenoxy) is 2. The first-order chi connectivity index (χ1) is 13.8. The molecule has 0 spiro atoms. The Bertz CT molecular complexity index is 1020. The molecule has 0 bridgehead atoms. The zero-order chi connectivity index (χ0) is 21.2. The van der Waals surface area contributed by atoms with E-state index in [1.807, 2.05) is 13.0 Å². The highest BCUT2D eigenvalue weighted by atomic mass is 32.2. The van der Waals surface area contributed by atoms with Crippen LogP contribution in [-0.4, -0.2) is 45.4 Å². The van der Waals surface area contributed by atoms with Gasteiger partial charge in [0.2, 0.25) is 15.9 Å². The van der Waals surface area contributed by atoms with Crippen molar-refractivity contribution in [1.82, 2.24) is 4.31 Å². The van der Waals surface area contributed by atoms with E-state index in [1.165, 1.54) is 24.6 Å². The standard InChI is InChI=1S/C21H26N2O5S/c1-14-7-10-19(28-4)17(12-14)22-21(24)18-6-5-11-23(18)29(25,26)20-13-16(27-3)9-8-15(20)2/h7-10,12-13,18H,5-6,11H2,1-4H3,(H,22,24). The Hall–Kier alpha value is -2.58. The molecule has 1 N–H and O–H groups in total. The Balaban J connectivity index is 1.90. The van der Waals surface area contributed by atoms with E-state index in [9.17, 15) is 13.2 Å². The Kier molecular flexibility index (Phi) is 6.14. The van der Waals surface area contributed by atoms with Gasteiger partial charge in [0.25, 0.3) is 0 Å². The number of sulfonamides is 1. The van der Waals surface area contributed by atoms with E-state index in [0.717, 1.165) is 5.56 Å². The van der Waals surface area contributed by atoms with Gasteiger partial charge in [0, 0.05) is 12.6 Å². The van der Waals surface area contributed by atoms with Gasteiger partial charge in [-0.15, -0.1) is 0 Å². The van der Waals surface area contributed by atoms with Gasteiger partial charge in [-0.1, -0.05) is 12.1 Å². The summed E-state index contributed by atoms with van der Waals surface area (Å²) in [5, 5.41) is 2.84. The van der Waals surface area contributed by atoms with Crippen LogP contribution in [0.15, 0.2) is 41.3 Å². The summed E-state index contributed by atoms with van der Waals surface area (Å²) in [5.74, 6) is 0.620. The molecule has 2 aromatic carbocycles. The van der Waals surface area contributed by atoms with Crippen LogP contribution in [-0.2, 0) is 14.8 Å². The van der Waals surface area contributed by atoms with E-state index >= 15 is 0 Å². The Morgan fingerprint density at radius 1 is 1.10 bits per heavy atom. The lowest BCUT2D eigenvalue weighted by molar-refractivity contribution is -0.119. The average molecular weight is 419 g/mol. The second-order valence-corrected chi connectivity index (χ2v) is 8.96. The van der Waals surface area contributed by atoms with Gasteiger partial charge in [0.1, 0.15) is 17.5 Å². The molecule has 1 fully saturated rings. The molecule has 29 heavy (non-hydrogen) atoms. The SMILES string of the molecule is COc1ccc(C)c(S(=O)(=O)N2CCCC2C(=O)Nc2cc(C)ccc2OC)c1. The zero-order valence-electron chi connectivity index (χ0n) is 17.1. The van der Waals surface area contributed by atoms with Gasteiger partial charge < -0.3 is 14.8 Å². The fourth-order valence-corrected chi connectivity index (χ4v) is 5.44. The number of carbonyl (C=O) groups excluding carboxylic acids is 1. The van der Waals surface area contributed by atoms with Crippen molar-refractivity contribution in [2.75, 3.05) is 26.1 Å². The molecule has 1 saturated heterocycles. The van der Waals surface area contributed by atoms with Crippen LogP contribution in [0, 0.1) is 13.8 Å². The minimum Gasteiger partial charge on any atom is -0.497 e. The topological polar surface area (TPSA) is 84.9 Å². The molecule has 7 nitrogen and oxygen atoms in total. The highest BCUT2D eigenvalue weighted by molar-refractivity contribution is 7.89. The summed E-state index contributed by atoms with van der Waals surface area (Å²) in [6.07, 6.45) is 1.08. The summed E-state index contributed by atoms with van der Waals surface area (Å²) in [5.41, 5.74) is 2.10. The van der Waals surface area contributed by atoms with Gasteiger partial charge in [0.15, 0.2) is 0 Å². The molecule has 0 aliphatic carbocycles. The first-order valence-corrected chi connectivity index (χ1v) is 10.8. The molecule has 1 atom stereocenters. The zero-order valence-corrected chi connectivity index (χ0v) is 17.9. The van der Waals surface area contributed by atoms with Crippen LogP contribution in [0.2, 0.25) is 0 Å². The molecule has 8 heteroatoms. The van der Waals surface area contributed by atoms with E-state index in [4.69, 9.17) is 9.47 Å². The maximum atomic E-state index is 13.3. The number of hydrogen-bond donors (Lipinski definition) is 1. The van der Waals surface area contributed by atoms with E-state index < -0.39 is 16.1 Å². The van der Waals surface area contributed by atoms with Crippen molar-refractivity contribution in [3.63, 3.8) is 0 Å². The van der Waals surface area contributed by atoms with Crippen LogP contribution in [0.25, 0.3) is 0 Å². The smallest absolute Gasteiger partial charge is 0.244 e. The molecule has 156 valence electrons. The summed E-state index contributed by atoms with van der Waals surface area (Å²) >= 11 is 0. The summed E-state index contributed by atoms with van der Waals surface area (Å²) in [4.78, 5) is 13.2. The van der Waals surface area contributed by atoms with Crippen molar-refractivity contribution in [3.05, 3.63) is 47.5 Å². The van der Waals surface area contributed by atoms with Crippen molar-refractivity contribution >= 4 is 21.6 Å². The quantitative estimate of drug-likeness (QED) is 0.779. The molecule has 1 aliphatic rings. The highest BCUT2D eigenvalue weighted by Gasteiger charge is 2.40. The maximum Gasteiger partial charge on any atom is 0.244 e. The number of anilines is 1. The fourth-order valence-electron chi connectivity index (χ4n) is 3.54. The van der Waals surface area contributed by atoms with Crippen LogP contribution >= 0.6 is 0 Å². The lowest BCUT2D eigenvalue weighted by atomic mass is 10.1. The minimum absolute atomic E-state index is 0.157. The number of carbonyl (C=O) groups is 1. The van der Waals surface area contributed by atoms with Crippen molar-refractivity contribution < 1.29 is 22.7 Å². The summed E-state index contributed by atoms with van der Waals surface area (Å²) < 4.78 is 38.4. The second kappa shape index (κ2) is 8.42. The van der Waals surface area contributed by atoms with Gasteiger partial charge in [-0.3, -0.25) is 4.79 Å². The predicted molar refractivity (Wildman–Crippen MR) is 111 cm³/mol. The van der Waals surface area contributed by atoms with Crippen LogP contribution in [0.4, 0.5) is 5.69 Å². The molecule has 1 unspecified atom stereocenters. The van der Waals surface area contributed by atoms with Gasteiger partial charge in [-0.05, 0) is 56.0 Å². The third-order valence-corrected chi connectivity index (χ3v) is 7.15. The lowest BCUT2D eigenvalue weighted by Gasteiger charge is -2.24. The number of nitrogens with zero attached hydrogens (tertiary/aromatic N) is 1. The summed E-state index contributed by atoms with van der Waals surface area (Å²) in [7, 11) is -0.837. The monoisotopic (exact) mass is 418 g/mol. The van der Waals surface area contributed by atoms with Crippen LogP contribution in [0.5, 0.6) is 11.5 Å². The summed E-state index contributed by atoms with van der Waals surface area (Å²) in [6.45, 7) is 3.93.